The Hall–Kier alpha value is -6.53. The molecular formula is C45H34B8N4O2. The lowest BCUT2D eigenvalue weighted by Crippen LogP contribution is -2.49. The highest BCUT2D eigenvalue weighted by Crippen LogP contribution is 2.40. The molecule has 4 heterocycles. The van der Waals surface area contributed by atoms with Gasteiger partial charge in [-0.2, -0.15) is 0 Å². The van der Waals surface area contributed by atoms with Crippen molar-refractivity contribution in [1.29, 1.82) is 0 Å². The predicted molar refractivity (Wildman–Crippen MR) is 270 cm³/mol. The first kappa shape index (κ1) is 35.6. The van der Waals surface area contributed by atoms with Gasteiger partial charge in [0.1, 0.15) is 85.1 Å². The summed E-state index contributed by atoms with van der Waals surface area (Å²) in [7, 11) is 18.2. The van der Waals surface area contributed by atoms with E-state index in [1.165, 1.54) is 65.5 Å². The van der Waals surface area contributed by atoms with Crippen LogP contribution in [0.5, 0.6) is 0 Å². The summed E-state index contributed by atoms with van der Waals surface area (Å²) in [5, 5.41) is 6.73. The number of rotatable bonds is 4. The molecule has 0 unspecified atom stereocenters. The maximum absolute atomic E-state index is 6.79. The molecule has 7 aromatic carbocycles. The van der Waals surface area contributed by atoms with Crippen molar-refractivity contribution in [3.63, 3.8) is 0 Å². The zero-order valence-corrected chi connectivity index (χ0v) is 34.5. The van der Waals surface area contributed by atoms with E-state index < -0.39 is 0 Å². The highest BCUT2D eigenvalue weighted by molar-refractivity contribution is 6.71. The Morgan fingerprint density at radius 1 is 0.390 bits per heavy atom. The van der Waals surface area contributed by atoms with E-state index in [9.17, 15) is 0 Å². The van der Waals surface area contributed by atoms with E-state index in [4.69, 9.17) is 23.8 Å². The fraction of sp³-hybridized carbons (Fsp3) is 0. The van der Waals surface area contributed by atoms with Crippen molar-refractivity contribution in [3.05, 3.63) is 109 Å². The van der Waals surface area contributed by atoms with Gasteiger partial charge >= 0.3 is 0 Å². The molecule has 14 heteroatoms. The van der Waals surface area contributed by atoms with Crippen LogP contribution in [0.15, 0.2) is 118 Å². The monoisotopic (exact) mass is 750 g/mol. The highest BCUT2D eigenvalue weighted by atomic mass is 16.3. The first-order valence-electron chi connectivity index (χ1n) is 20.3. The van der Waals surface area contributed by atoms with Crippen LogP contribution < -0.4 is 43.7 Å². The van der Waals surface area contributed by atoms with E-state index in [-0.39, 0.29) is 0 Å². The van der Waals surface area contributed by atoms with Gasteiger partial charge in [0.25, 0.3) is 0 Å². The van der Waals surface area contributed by atoms with Crippen molar-refractivity contribution in [3.8, 4) is 39.9 Å². The molecule has 0 aliphatic rings. The average Bonchev–Trinajstić information content (AvgIpc) is 3.96. The third kappa shape index (κ3) is 5.08. The molecule has 6 nitrogen and oxygen atoms in total. The number of nitrogens with zero attached hydrogens (tertiary/aromatic N) is 4. The maximum atomic E-state index is 6.79. The predicted octanol–water partition coefficient (Wildman–Crippen LogP) is -2.16. The minimum atomic E-state index is 0.546. The first-order chi connectivity index (χ1) is 28.6. The summed E-state index contributed by atoms with van der Waals surface area (Å²) >= 11 is 0. The van der Waals surface area contributed by atoms with Crippen molar-refractivity contribution in [2.45, 2.75) is 0 Å². The van der Waals surface area contributed by atoms with Gasteiger partial charge in [0.2, 0.25) is 0 Å². The molecule has 11 aromatic rings. The minimum Gasteiger partial charge on any atom is -0.456 e. The molecule has 270 valence electrons. The second-order valence-corrected chi connectivity index (χ2v) is 16.2. The van der Waals surface area contributed by atoms with Crippen LogP contribution in [-0.2, 0) is 0 Å². The smallest absolute Gasteiger partial charge is 0.167 e. The van der Waals surface area contributed by atoms with Crippen molar-refractivity contribution in [2.75, 3.05) is 0 Å². The summed E-state index contributed by atoms with van der Waals surface area (Å²) in [5.41, 5.74) is 20.0. The number of fused-ring (bicyclic) bond motifs is 9. The summed E-state index contributed by atoms with van der Waals surface area (Å²) in [5.74, 6) is 1.70. The molecule has 0 saturated heterocycles. The van der Waals surface area contributed by atoms with Crippen molar-refractivity contribution in [2.24, 2.45) is 0 Å². The second kappa shape index (κ2) is 13.0. The Morgan fingerprint density at radius 2 is 0.949 bits per heavy atom. The minimum absolute atomic E-state index is 0.546. The Labute approximate surface area is 348 Å². The number of para-hydroxylation sites is 2. The van der Waals surface area contributed by atoms with Gasteiger partial charge in [-0.15, -0.1) is 10.9 Å². The number of aromatic nitrogens is 4. The zero-order valence-electron chi connectivity index (χ0n) is 34.5. The van der Waals surface area contributed by atoms with Crippen LogP contribution in [-0.4, -0.2) is 82.3 Å². The average molecular weight is 749 g/mol. The standard InChI is InChI=1S/C45H34B8N4O2/c46-32-30-31-33(47)35(49)37(51)39(53)41(31)57(40(30)38(52)36(50)34(32)48)20-16-17-23-28(18-20)58-27-15-7-12-24(29(23)27)44-54-43(19-8-2-1-3-9-19)55-45(56-44)25-13-6-11-22-21-10-4-5-14-26(21)59-42(22)25/h1-18H,46-53H2. The van der Waals surface area contributed by atoms with E-state index in [0.29, 0.717) is 17.5 Å². The van der Waals surface area contributed by atoms with Crippen molar-refractivity contribution in [1.82, 2.24) is 19.5 Å². The zero-order chi connectivity index (χ0) is 40.4. The molecule has 0 saturated carbocycles. The Bertz CT molecular complexity index is 3540. The van der Waals surface area contributed by atoms with Gasteiger partial charge in [-0.1, -0.05) is 106 Å². The van der Waals surface area contributed by atoms with E-state index in [0.717, 1.165) is 66.3 Å². The maximum Gasteiger partial charge on any atom is 0.167 e. The summed E-state index contributed by atoms with van der Waals surface area (Å²) in [6, 6.07) is 37.2. The summed E-state index contributed by atoms with van der Waals surface area (Å²) in [4.78, 5) is 15.5. The Morgan fingerprint density at radius 3 is 1.66 bits per heavy atom. The number of hydrogen-bond acceptors (Lipinski definition) is 5. The van der Waals surface area contributed by atoms with E-state index in [1.807, 2.05) is 72.8 Å². The molecular weight excluding hydrogens is 715 g/mol. The molecule has 0 spiro atoms. The third-order valence-corrected chi connectivity index (χ3v) is 13.3. The topological polar surface area (TPSA) is 69.9 Å². The van der Waals surface area contributed by atoms with Gasteiger partial charge in [0.05, 0.1) is 5.56 Å². The molecule has 11 rings (SSSR count). The Balaban J connectivity index is 1.16. The molecule has 0 fully saturated rings. The van der Waals surface area contributed by atoms with Crippen LogP contribution in [0.25, 0.3) is 106 Å². The highest BCUT2D eigenvalue weighted by Gasteiger charge is 2.25. The molecule has 0 radical (unpaired) electrons. The van der Waals surface area contributed by atoms with Gasteiger partial charge in [0, 0.05) is 55.5 Å². The summed E-state index contributed by atoms with van der Waals surface area (Å²) in [6.45, 7) is 0. The van der Waals surface area contributed by atoms with Gasteiger partial charge in [-0.25, -0.2) is 15.0 Å². The van der Waals surface area contributed by atoms with Gasteiger partial charge in [-0.3, -0.25) is 0 Å². The molecule has 0 atom stereocenters. The number of benzene rings is 7. The van der Waals surface area contributed by atoms with Crippen molar-refractivity contribution < 1.29 is 8.83 Å². The molecule has 59 heavy (non-hydrogen) atoms. The lowest BCUT2D eigenvalue weighted by Gasteiger charge is -2.16. The van der Waals surface area contributed by atoms with Crippen LogP contribution in [0.2, 0.25) is 0 Å². The quantitative estimate of drug-likeness (QED) is 0.192. The van der Waals surface area contributed by atoms with E-state index >= 15 is 0 Å². The normalized spacial score (nSPS) is 11.9. The molecule has 0 amide bonds. The number of hydrogen-bond donors (Lipinski definition) is 0. The van der Waals surface area contributed by atoms with Crippen molar-refractivity contribution >= 4 is 172 Å². The van der Waals surface area contributed by atoms with E-state index in [1.54, 1.807) is 0 Å². The van der Waals surface area contributed by atoms with Crippen LogP contribution in [0, 0.1) is 0 Å². The molecule has 4 aromatic heterocycles. The van der Waals surface area contributed by atoms with Crippen LogP contribution in [0.1, 0.15) is 0 Å². The van der Waals surface area contributed by atoms with Crippen LogP contribution in [0.4, 0.5) is 0 Å². The van der Waals surface area contributed by atoms with Gasteiger partial charge in [0.15, 0.2) is 17.5 Å². The third-order valence-electron chi connectivity index (χ3n) is 13.3. The van der Waals surface area contributed by atoms with Gasteiger partial charge < -0.3 is 13.4 Å². The first-order valence-corrected chi connectivity index (χ1v) is 20.3. The molecule has 0 aliphatic carbocycles. The van der Waals surface area contributed by atoms with Crippen LogP contribution in [0.3, 0.4) is 0 Å². The lowest BCUT2D eigenvalue weighted by atomic mass is 9.63. The summed E-state index contributed by atoms with van der Waals surface area (Å²) in [6.07, 6.45) is 0. The van der Waals surface area contributed by atoms with Crippen LogP contribution >= 0.6 is 0 Å². The molecule has 0 N–H and O–H groups in total. The second-order valence-electron chi connectivity index (χ2n) is 16.2. The number of furan rings is 2. The SMILES string of the molecule is Bc1c(B)c(B)c2c(c1B)c1c(B)c(B)c(B)c(B)c1n2-c1ccc2c(c1)oc1cccc(-c3nc(-c4ccccc4)nc(-c4cccc5c4oc4ccccc45)n3)c12. The summed E-state index contributed by atoms with van der Waals surface area (Å²) < 4.78 is 15.8. The fourth-order valence-corrected chi connectivity index (χ4v) is 9.52. The lowest BCUT2D eigenvalue weighted by molar-refractivity contribution is 0.668. The largest absolute Gasteiger partial charge is 0.456 e. The fourth-order valence-electron chi connectivity index (χ4n) is 9.52. The Kier molecular flexibility index (Phi) is 7.84. The molecule has 0 bridgehead atoms. The van der Waals surface area contributed by atoms with E-state index in [2.05, 4.69) is 104 Å². The molecule has 0 aliphatic heterocycles. The van der Waals surface area contributed by atoms with Gasteiger partial charge in [-0.05, 0) is 41.1 Å².